The van der Waals surface area contributed by atoms with E-state index in [0.29, 0.717) is 0 Å². The van der Waals surface area contributed by atoms with E-state index in [0.717, 1.165) is 0 Å². The van der Waals surface area contributed by atoms with Gasteiger partial charge in [0, 0.05) is 24.2 Å². The molecule has 0 bridgehead atoms. The molecule has 0 saturated heterocycles. The number of nitrogens with two attached hydrogens (primary N) is 4. The molecule has 0 aliphatic heterocycles. The Hall–Kier alpha value is -0.160. The predicted molar refractivity (Wildman–Crippen MR) is 43.2 cm³/mol. The smallest absolute Gasteiger partial charge is 0.0358 e. The van der Waals surface area contributed by atoms with Crippen LogP contribution in [0, 0.1) is 0 Å². The topological polar surface area (TPSA) is 104 Å². The second kappa shape index (κ2) is 3.88. The fourth-order valence-corrected chi connectivity index (χ4v) is 0.701. The van der Waals surface area contributed by atoms with Gasteiger partial charge in [0.25, 0.3) is 0 Å². The Bertz CT molecular complexity index is 79.7. The zero-order valence-corrected chi connectivity index (χ0v) is 6.62. The van der Waals surface area contributed by atoms with Crippen molar-refractivity contribution in [3.8, 4) is 0 Å². The van der Waals surface area contributed by atoms with Gasteiger partial charge in [-0.25, -0.2) is 0 Å². The molecule has 0 spiro atoms. The van der Waals surface area contributed by atoms with Crippen molar-refractivity contribution in [3.05, 3.63) is 0 Å². The fourth-order valence-electron chi connectivity index (χ4n) is 0.701. The average molecular weight is 146 g/mol. The standard InChI is InChI=1S/C6H18N4/c1-3(7)5(9)6(10)4(2)8/h3-6H,7-10H2,1-2H3. The van der Waals surface area contributed by atoms with Crippen molar-refractivity contribution >= 4 is 0 Å². The van der Waals surface area contributed by atoms with Crippen molar-refractivity contribution in [2.45, 2.75) is 38.0 Å². The highest BCUT2D eigenvalue weighted by molar-refractivity contribution is 4.87. The highest BCUT2D eigenvalue weighted by Gasteiger charge is 2.19. The van der Waals surface area contributed by atoms with Crippen LogP contribution in [-0.4, -0.2) is 24.2 Å². The number of hydrogen-bond donors (Lipinski definition) is 4. The van der Waals surface area contributed by atoms with Crippen LogP contribution in [0.3, 0.4) is 0 Å². The van der Waals surface area contributed by atoms with Gasteiger partial charge in [0.15, 0.2) is 0 Å². The van der Waals surface area contributed by atoms with Crippen LogP contribution < -0.4 is 22.9 Å². The van der Waals surface area contributed by atoms with Gasteiger partial charge in [-0.2, -0.15) is 0 Å². The molecule has 8 N–H and O–H groups in total. The summed E-state index contributed by atoms with van der Waals surface area (Å²) < 4.78 is 0. The summed E-state index contributed by atoms with van der Waals surface area (Å²) in [6.45, 7) is 3.65. The minimum absolute atomic E-state index is 0.0963. The Labute approximate surface area is 61.9 Å². The number of hydrogen-bond acceptors (Lipinski definition) is 4. The van der Waals surface area contributed by atoms with Gasteiger partial charge in [0.05, 0.1) is 0 Å². The second-order valence-electron chi connectivity index (χ2n) is 2.87. The van der Waals surface area contributed by atoms with Crippen LogP contribution in [0.4, 0.5) is 0 Å². The fraction of sp³-hybridized carbons (Fsp3) is 1.00. The Morgan fingerprint density at radius 3 is 1.00 bits per heavy atom. The van der Waals surface area contributed by atoms with Gasteiger partial charge >= 0.3 is 0 Å². The molecule has 0 aliphatic carbocycles. The average Bonchev–Trinajstić information content (AvgIpc) is 1.84. The highest BCUT2D eigenvalue weighted by atomic mass is 14.9. The Morgan fingerprint density at radius 1 is 0.700 bits per heavy atom. The Kier molecular flexibility index (Phi) is 3.81. The van der Waals surface area contributed by atoms with E-state index in [2.05, 4.69) is 0 Å². The monoisotopic (exact) mass is 146 g/mol. The minimum atomic E-state index is -0.208. The van der Waals surface area contributed by atoms with Crippen molar-refractivity contribution in [1.82, 2.24) is 0 Å². The summed E-state index contributed by atoms with van der Waals surface area (Å²) in [5, 5.41) is 0. The third-order valence-electron chi connectivity index (χ3n) is 1.66. The lowest BCUT2D eigenvalue weighted by molar-refractivity contribution is 0.417. The normalized spacial score (nSPS) is 23.4. The summed E-state index contributed by atoms with van der Waals surface area (Å²) in [5.41, 5.74) is 22.3. The first-order chi connectivity index (χ1) is 4.46. The molecule has 0 radical (unpaired) electrons. The maximum atomic E-state index is 5.63. The van der Waals surface area contributed by atoms with E-state index in [1.807, 2.05) is 13.8 Å². The van der Waals surface area contributed by atoms with E-state index in [1.54, 1.807) is 0 Å². The van der Waals surface area contributed by atoms with E-state index < -0.39 is 0 Å². The van der Waals surface area contributed by atoms with Gasteiger partial charge < -0.3 is 22.9 Å². The van der Waals surface area contributed by atoms with E-state index in [1.165, 1.54) is 0 Å². The van der Waals surface area contributed by atoms with Crippen molar-refractivity contribution in [2.24, 2.45) is 22.9 Å². The van der Waals surface area contributed by atoms with Gasteiger partial charge in [-0.05, 0) is 13.8 Å². The van der Waals surface area contributed by atoms with Gasteiger partial charge in [0.1, 0.15) is 0 Å². The molecule has 0 aromatic carbocycles. The first-order valence-corrected chi connectivity index (χ1v) is 3.49. The second-order valence-corrected chi connectivity index (χ2v) is 2.87. The number of rotatable bonds is 3. The zero-order valence-electron chi connectivity index (χ0n) is 6.62. The molecule has 0 aromatic rings. The van der Waals surface area contributed by atoms with Crippen LogP contribution >= 0.6 is 0 Å². The lowest BCUT2D eigenvalue weighted by Crippen LogP contribution is -2.58. The highest BCUT2D eigenvalue weighted by Crippen LogP contribution is 1.94. The summed E-state index contributed by atoms with van der Waals surface area (Å²) in [4.78, 5) is 0. The third-order valence-corrected chi connectivity index (χ3v) is 1.66. The zero-order chi connectivity index (χ0) is 8.31. The Balaban J connectivity index is 3.81. The summed E-state index contributed by atoms with van der Waals surface area (Å²) in [7, 11) is 0. The molecular formula is C6H18N4. The molecule has 0 aliphatic rings. The molecule has 4 atom stereocenters. The van der Waals surface area contributed by atoms with Gasteiger partial charge in [-0.15, -0.1) is 0 Å². The molecule has 0 heterocycles. The van der Waals surface area contributed by atoms with Crippen molar-refractivity contribution in [2.75, 3.05) is 0 Å². The first kappa shape index (κ1) is 9.84. The minimum Gasteiger partial charge on any atom is -0.326 e. The largest absolute Gasteiger partial charge is 0.326 e. The summed E-state index contributed by atoms with van der Waals surface area (Å²) in [5.74, 6) is 0. The molecule has 0 rings (SSSR count). The van der Waals surface area contributed by atoms with E-state index in [9.17, 15) is 0 Å². The van der Waals surface area contributed by atoms with Crippen LogP contribution in [0.1, 0.15) is 13.8 Å². The summed E-state index contributed by atoms with van der Waals surface area (Å²) in [6, 6.07) is -0.609. The van der Waals surface area contributed by atoms with Crippen LogP contribution in [-0.2, 0) is 0 Å². The van der Waals surface area contributed by atoms with Crippen LogP contribution in [0.25, 0.3) is 0 Å². The lowest BCUT2D eigenvalue weighted by atomic mass is 9.99. The molecule has 4 unspecified atom stereocenters. The molecular weight excluding hydrogens is 128 g/mol. The molecule has 4 nitrogen and oxygen atoms in total. The van der Waals surface area contributed by atoms with E-state index in [-0.39, 0.29) is 24.2 Å². The molecule has 0 aromatic heterocycles. The molecule has 0 saturated carbocycles. The first-order valence-electron chi connectivity index (χ1n) is 3.49. The third kappa shape index (κ3) is 2.62. The van der Waals surface area contributed by atoms with Crippen LogP contribution in [0.15, 0.2) is 0 Å². The molecule has 0 amide bonds. The predicted octanol–water partition coefficient (Wildman–Crippen LogP) is -1.66. The lowest BCUT2D eigenvalue weighted by Gasteiger charge is -2.25. The maximum absolute atomic E-state index is 5.63. The molecule has 62 valence electrons. The quantitative estimate of drug-likeness (QED) is 0.382. The van der Waals surface area contributed by atoms with Crippen molar-refractivity contribution in [1.29, 1.82) is 0 Å². The van der Waals surface area contributed by atoms with E-state index >= 15 is 0 Å². The van der Waals surface area contributed by atoms with Gasteiger partial charge in [0.2, 0.25) is 0 Å². The van der Waals surface area contributed by atoms with Gasteiger partial charge in [-0.1, -0.05) is 0 Å². The molecule has 10 heavy (non-hydrogen) atoms. The Morgan fingerprint density at radius 2 is 0.900 bits per heavy atom. The van der Waals surface area contributed by atoms with Crippen LogP contribution in [0.5, 0.6) is 0 Å². The maximum Gasteiger partial charge on any atom is 0.0358 e. The van der Waals surface area contributed by atoms with E-state index in [4.69, 9.17) is 22.9 Å². The van der Waals surface area contributed by atoms with Crippen molar-refractivity contribution in [3.63, 3.8) is 0 Å². The van der Waals surface area contributed by atoms with Crippen LogP contribution in [0.2, 0.25) is 0 Å². The van der Waals surface area contributed by atoms with Crippen molar-refractivity contribution < 1.29 is 0 Å². The summed E-state index contributed by atoms with van der Waals surface area (Å²) in [6.07, 6.45) is 0. The van der Waals surface area contributed by atoms with Gasteiger partial charge in [-0.3, -0.25) is 0 Å². The summed E-state index contributed by atoms with van der Waals surface area (Å²) >= 11 is 0. The molecule has 0 fully saturated rings. The molecule has 4 heteroatoms. The SMILES string of the molecule is CC(N)C(N)C(N)C(C)N.